The Bertz CT molecular complexity index is 1640. The highest BCUT2D eigenvalue weighted by Crippen LogP contribution is 2.35. The number of methoxy groups -OCH3 is 1. The number of fused-ring (bicyclic) bond motifs is 1. The van der Waals surface area contributed by atoms with Crippen LogP contribution in [-0.4, -0.2) is 66.0 Å². The molecule has 1 saturated heterocycles. The maximum atomic E-state index is 12.9. The molecule has 0 bridgehead atoms. The van der Waals surface area contributed by atoms with E-state index < -0.39 is 11.2 Å². The molecule has 258 valence electrons. The van der Waals surface area contributed by atoms with Crippen molar-refractivity contribution in [1.82, 2.24) is 9.88 Å². The Kier molecular flexibility index (Phi) is 10.4. The Morgan fingerprint density at radius 2 is 1.65 bits per heavy atom. The van der Waals surface area contributed by atoms with Crippen molar-refractivity contribution in [2.45, 2.75) is 98.7 Å². The van der Waals surface area contributed by atoms with Gasteiger partial charge in [-0.05, 0) is 114 Å². The summed E-state index contributed by atoms with van der Waals surface area (Å²) in [5, 5.41) is 0. The Morgan fingerprint density at radius 3 is 2.35 bits per heavy atom. The highest BCUT2D eigenvalue weighted by atomic mass is 16.6. The van der Waals surface area contributed by atoms with Crippen LogP contribution < -0.4 is 9.64 Å². The van der Waals surface area contributed by atoms with E-state index in [9.17, 15) is 9.59 Å². The van der Waals surface area contributed by atoms with Crippen LogP contribution in [0.15, 0.2) is 48.5 Å². The lowest BCUT2D eigenvalue weighted by molar-refractivity contribution is -0.165. The minimum atomic E-state index is -0.542. The van der Waals surface area contributed by atoms with Crippen molar-refractivity contribution in [1.29, 1.82) is 0 Å². The van der Waals surface area contributed by atoms with Crippen molar-refractivity contribution in [3.05, 3.63) is 76.3 Å². The average Bonchev–Trinajstić information content (AvgIpc) is 3.03. The van der Waals surface area contributed by atoms with E-state index in [-0.39, 0.29) is 24.1 Å². The zero-order valence-electron chi connectivity index (χ0n) is 30.0. The van der Waals surface area contributed by atoms with Crippen LogP contribution >= 0.6 is 0 Å². The summed E-state index contributed by atoms with van der Waals surface area (Å²) in [6, 6.07) is 16.4. The van der Waals surface area contributed by atoms with E-state index in [2.05, 4.69) is 36.9 Å². The standard InChI is InChI=1S/C39H51N3O6/c1-25-12-10-13-30(32-14-11-15-34(40-32)41-20-19-31(33(23-41)45-9)36(43)47-38(3,4)5)35(25)46-24-28-17-16-27-22-42(21-18-29(27)26(28)2)37(44)48-39(6,7)8/h10-17,31,33H,18-24H2,1-9H3/t31-,33+/m1/s1. The molecule has 2 atom stereocenters. The zero-order chi connectivity index (χ0) is 34.8. The number of nitrogens with zero attached hydrogens (tertiary/aromatic N) is 3. The van der Waals surface area contributed by atoms with Gasteiger partial charge in [-0.25, -0.2) is 9.78 Å². The van der Waals surface area contributed by atoms with Gasteiger partial charge in [-0.1, -0.05) is 30.3 Å². The number of carbonyl (C=O) groups excluding carboxylic acids is 2. The molecule has 48 heavy (non-hydrogen) atoms. The Labute approximate surface area is 285 Å². The molecule has 9 heteroatoms. The maximum Gasteiger partial charge on any atom is 0.410 e. The summed E-state index contributed by atoms with van der Waals surface area (Å²) in [5.41, 5.74) is 6.46. The fourth-order valence-corrected chi connectivity index (χ4v) is 6.48. The summed E-state index contributed by atoms with van der Waals surface area (Å²) in [4.78, 5) is 34.6. The molecule has 0 aliphatic carbocycles. The van der Waals surface area contributed by atoms with Gasteiger partial charge in [0.15, 0.2) is 0 Å². The first-order valence-corrected chi connectivity index (χ1v) is 16.9. The summed E-state index contributed by atoms with van der Waals surface area (Å²) >= 11 is 0. The monoisotopic (exact) mass is 657 g/mol. The van der Waals surface area contributed by atoms with Crippen molar-refractivity contribution < 1.29 is 28.5 Å². The van der Waals surface area contributed by atoms with E-state index in [4.69, 9.17) is 23.9 Å². The van der Waals surface area contributed by atoms with E-state index >= 15 is 0 Å². The molecule has 3 heterocycles. The molecule has 9 nitrogen and oxygen atoms in total. The lowest BCUT2D eigenvalue weighted by Crippen LogP contribution is -2.49. The van der Waals surface area contributed by atoms with Crippen molar-refractivity contribution in [3.63, 3.8) is 0 Å². The van der Waals surface area contributed by atoms with Gasteiger partial charge in [0.25, 0.3) is 0 Å². The number of piperidine rings is 1. The SMILES string of the molecule is CO[C@H]1CN(c2cccc(-c3cccc(C)c3OCc3ccc4c(c3C)CCN(C(=O)OC(C)(C)C)C4)n2)CC[C@H]1C(=O)OC(C)(C)C. The normalized spacial score (nSPS) is 18.3. The summed E-state index contributed by atoms with van der Waals surface area (Å²) < 4.78 is 23.7. The van der Waals surface area contributed by atoms with Gasteiger partial charge >= 0.3 is 12.1 Å². The molecule has 3 aromatic rings. The fraction of sp³-hybridized carbons (Fsp3) is 0.513. The van der Waals surface area contributed by atoms with Crippen molar-refractivity contribution in [2.75, 3.05) is 31.6 Å². The number of benzene rings is 2. The number of carbonyl (C=O) groups is 2. The van der Waals surface area contributed by atoms with Gasteiger partial charge in [0.2, 0.25) is 0 Å². The van der Waals surface area contributed by atoms with Crippen LogP contribution in [0.1, 0.15) is 75.8 Å². The number of aryl methyl sites for hydroxylation is 1. The molecule has 1 fully saturated rings. The Hall–Kier alpha value is -4.11. The molecule has 2 aliphatic rings. The number of hydrogen-bond acceptors (Lipinski definition) is 8. The molecular weight excluding hydrogens is 606 g/mol. The third kappa shape index (κ3) is 8.29. The molecule has 0 spiro atoms. The third-order valence-electron chi connectivity index (χ3n) is 8.94. The summed E-state index contributed by atoms with van der Waals surface area (Å²) in [6.45, 7) is 18.3. The third-order valence-corrected chi connectivity index (χ3v) is 8.94. The molecule has 2 aliphatic heterocycles. The fourth-order valence-electron chi connectivity index (χ4n) is 6.48. The number of ether oxygens (including phenoxy) is 4. The highest BCUT2D eigenvalue weighted by Gasteiger charge is 2.37. The average molecular weight is 658 g/mol. The molecular formula is C39H51N3O6. The van der Waals surface area contributed by atoms with Crippen LogP contribution in [0.3, 0.4) is 0 Å². The number of rotatable bonds is 7. The molecule has 0 unspecified atom stereocenters. The van der Waals surface area contributed by atoms with Crippen molar-refractivity contribution in [2.24, 2.45) is 5.92 Å². The van der Waals surface area contributed by atoms with Gasteiger partial charge in [0, 0.05) is 38.9 Å². The van der Waals surface area contributed by atoms with E-state index in [0.29, 0.717) is 39.2 Å². The largest absolute Gasteiger partial charge is 0.488 e. The van der Waals surface area contributed by atoms with Crippen LogP contribution in [-0.2, 0) is 38.6 Å². The molecule has 1 aromatic heterocycles. The molecule has 5 rings (SSSR count). The number of amides is 1. The minimum absolute atomic E-state index is 0.214. The summed E-state index contributed by atoms with van der Waals surface area (Å²) in [6.07, 6.45) is 0.834. The number of aromatic nitrogens is 1. The van der Waals surface area contributed by atoms with Crippen molar-refractivity contribution in [3.8, 4) is 17.0 Å². The topological polar surface area (TPSA) is 90.4 Å². The van der Waals surface area contributed by atoms with Gasteiger partial charge < -0.3 is 28.7 Å². The van der Waals surface area contributed by atoms with Gasteiger partial charge in [-0.2, -0.15) is 0 Å². The minimum Gasteiger partial charge on any atom is -0.488 e. The number of pyridine rings is 1. The quantitative estimate of drug-likeness (QED) is 0.243. The predicted molar refractivity (Wildman–Crippen MR) is 187 cm³/mol. The van der Waals surface area contributed by atoms with Gasteiger partial charge in [0.1, 0.15) is 29.4 Å². The second kappa shape index (κ2) is 14.2. The van der Waals surface area contributed by atoms with E-state index in [1.54, 1.807) is 12.0 Å². The van der Waals surface area contributed by atoms with Crippen LogP contribution in [0.2, 0.25) is 0 Å². The molecule has 2 aromatic carbocycles. The number of hydrogen-bond donors (Lipinski definition) is 0. The van der Waals surface area contributed by atoms with Crippen LogP contribution in [0.5, 0.6) is 5.75 Å². The highest BCUT2D eigenvalue weighted by molar-refractivity contribution is 5.74. The smallest absolute Gasteiger partial charge is 0.410 e. The first kappa shape index (κ1) is 35.2. The van der Waals surface area contributed by atoms with E-state index in [0.717, 1.165) is 45.9 Å². The summed E-state index contributed by atoms with van der Waals surface area (Å²) in [7, 11) is 1.65. The maximum absolute atomic E-state index is 12.9. The first-order chi connectivity index (χ1) is 22.6. The molecule has 0 N–H and O–H groups in total. The summed E-state index contributed by atoms with van der Waals surface area (Å²) in [5.74, 6) is 1.10. The molecule has 0 radical (unpaired) electrons. The Morgan fingerprint density at radius 1 is 0.917 bits per heavy atom. The lowest BCUT2D eigenvalue weighted by atomic mass is 9.92. The van der Waals surface area contributed by atoms with Crippen molar-refractivity contribution >= 4 is 17.9 Å². The lowest BCUT2D eigenvalue weighted by Gasteiger charge is -2.38. The predicted octanol–water partition coefficient (Wildman–Crippen LogP) is 7.42. The first-order valence-electron chi connectivity index (χ1n) is 16.9. The zero-order valence-corrected chi connectivity index (χ0v) is 30.0. The number of anilines is 1. The molecule has 1 amide bonds. The van der Waals surface area contributed by atoms with Crippen LogP contribution in [0.25, 0.3) is 11.3 Å². The van der Waals surface area contributed by atoms with E-state index in [1.165, 1.54) is 11.1 Å². The van der Waals surface area contributed by atoms with Gasteiger partial charge in [0.05, 0.1) is 17.7 Å². The number of esters is 1. The Balaban J connectivity index is 1.30. The van der Waals surface area contributed by atoms with Crippen LogP contribution in [0, 0.1) is 19.8 Å². The van der Waals surface area contributed by atoms with Gasteiger partial charge in [-0.15, -0.1) is 0 Å². The van der Waals surface area contributed by atoms with Gasteiger partial charge in [-0.3, -0.25) is 4.79 Å². The van der Waals surface area contributed by atoms with E-state index in [1.807, 2.05) is 71.9 Å². The molecule has 0 saturated carbocycles. The second-order valence-corrected chi connectivity index (χ2v) is 14.9. The van der Waals surface area contributed by atoms with Crippen LogP contribution in [0.4, 0.5) is 10.6 Å². The number of para-hydroxylation sites is 1. The second-order valence-electron chi connectivity index (χ2n) is 14.9.